The average molecular weight is 1770 g/mol. The van der Waals surface area contributed by atoms with E-state index in [0.29, 0.717) is 39.6 Å². The van der Waals surface area contributed by atoms with Crippen LogP contribution in [-0.2, 0) is 10.8 Å². The van der Waals surface area contributed by atoms with Crippen molar-refractivity contribution in [1.29, 1.82) is 0 Å². The van der Waals surface area contributed by atoms with Crippen LogP contribution in [0, 0.1) is 35.3 Å². The van der Waals surface area contributed by atoms with Gasteiger partial charge < -0.3 is 28.4 Å². The molecule has 0 aromatic heterocycles. The Labute approximate surface area is 790 Å². The highest BCUT2D eigenvalue weighted by Crippen LogP contribution is 2.67. The predicted molar refractivity (Wildman–Crippen MR) is 544 cm³/mol. The van der Waals surface area contributed by atoms with Crippen molar-refractivity contribution in [1.82, 2.24) is 0 Å². The Kier molecular flexibility index (Phi) is 46.8. The molecular formula is C122H172F2O6. The molecule has 7 aromatic rings. The first kappa shape index (κ1) is 103. The lowest BCUT2D eigenvalue weighted by molar-refractivity contribution is 0.288. The van der Waals surface area contributed by atoms with Crippen molar-refractivity contribution < 1.29 is 37.2 Å². The zero-order valence-electron chi connectivity index (χ0n) is 82.6. The molecule has 0 saturated carbocycles. The molecule has 6 nitrogen and oxygen atoms in total. The van der Waals surface area contributed by atoms with Crippen LogP contribution in [0.15, 0.2) is 121 Å². The molecule has 130 heavy (non-hydrogen) atoms. The summed E-state index contributed by atoms with van der Waals surface area (Å²) >= 11 is 0. The molecule has 4 bridgehead atoms. The molecule has 7 aromatic carbocycles. The fraction of sp³-hybridized carbons (Fsp3) is 0.623. The summed E-state index contributed by atoms with van der Waals surface area (Å²) in [5, 5.41) is 0. The Morgan fingerprint density at radius 1 is 0.215 bits per heavy atom. The molecular weight excluding hydrogens is 1600 g/mol. The Morgan fingerprint density at radius 3 is 0.600 bits per heavy atom. The van der Waals surface area contributed by atoms with Crippen molar-refractivity contribution in [3.63, 3.8) is 0 Å². The van der Waals surface area contributed by atoms with E-state index in [9.17, 15) is 0 Å². The Hall–Kier alpha value is -7.68. The number of hydrogen-bond acceptors (Lipinski definition) is 6. The zero-order chi connectivity index (χ0) is 90.7. The van der Waals surface area contributed by atoms with Gasteiger partial charge in [0.2, 0.25) is 0 Å². The van der Waals surface area contributed by atoms with E-state index in [4.69, 9.17) is 28.4 Å². The second-order valence-electron chi connectivity index (χ2n) is 39.2. The van der Waals surface area contributed by atoms with Crippen molar-refractivity contribution >= 4 is 0 Å². The summed E-state index contributed by atoms with van der Waals surface area (Å²) in [6.45, 7) is 17.1. The lowest BCUT2D eigenvalue weighted by Gasteiger charge is -2.49. The van der Waals surface area contributed by atoms with Crippen LogP contribution in [0.4, 0.5) is 8.78 Å². The molecule has 6 aliphatic carbocycles. The summed E-state index contributed by atoms with van der Waals surface area (Å²) < 4.78 is 80.3. The standard InChI is InChI=1S/C122H172F2O6/c1-7-13-19-25-31-37-43-49-55-61-91-125-105-79-71-77-103-113(105)111-99-73-67-81-107(127-93-63-57-51-45-39-33-27-21-15-9-3)115(99)121(103,116-100(111)74-68-82-108(116)128-94-64-58-52-46-40-34-28-22-16-10-4)89-87-97-85-86-98(120(124)119(97)123)88-90-122-104-78-72-80-106(126-92-62-56-50-44-38-32-26-20-14-8-2)114(104)112(101-75-69-83-109(117(101)122)129-95-65-59-53-47-41-35-29-23-17-11-5)102-76-70-84-110(118(102)122)130-96-66-60-54-48-42-36-30-24-18-12-6/h67-86,111-112H,7-66,91-96H2,1-6H3. The van der Waals surface area contributed by atoms with E-state index in [2.05, 4.69) is 174 Å². The maximum Gasteiger partial charge on any atom is 0.175 e. The number of ether oxygens (including phenoxy) is 6. The monoisotopic (exact) mass is 1770 g/mol. The SMILES string of the molecule is CCCCCCCCCCCCOc1cccc2c1C1c3cccc(OCCCCCCCCCCCC)c3C2(C#Cc2ccc(C#CC34c5cccc(OCCCCCCCCCCCC)c5C(c5cccc(OCCCCCCCCCCCC)c53)c3cccc(OCCCCCCCCCCCC)c34)c(F)c2F)c2c(OCCCCCCCCCCCC)cccc21. The number of unbranched alkanes of at least 4 members (excludes halogenated alkanes) is 54. The maximum absolute atomic E-state index is 18.6. The summed E-state index contributed by atoms with van der Waals surface area (Å²) in [7, 11) is 0. The quantitative estimate of drug-likeness (QED) is 0.0280. The molecule has 0 radical (unpaired) electrons. The molecule has 6 aliphatic rings. The van der Waals surface area contributed by atoms with Crippen LogP contribution < -0.4 is 28.4 Å². The van der Waals surface area contributed by atoms with Gasteiger partial charge in [-0.3, -0.25) is 0 Å². The number of benzene rings is 7. The molecule has 0 fully saturated rings. The number of rotatable bonds is 72. The third kappa shape index (κ3) is 28.9. The van der Waals surface area contributed by atoms with Gasteiger partial charge >= 0.3 is 0 Å². The molecule has 710 valence electrons. The topological polar surface area (TPSA) is 55.4 Å². The van der Waals surface area contributed by atoms with Crippen LogP contribution in [0.25, 0.3) is 0 Å². The summed E-state index contributed by atoms with van der Waals surface area (Å²) in [6, 6.07) is 42.3. The smallest absolute Gasteiger partial charge is 0.175 e. The first-order valence-electron chi connectivity index (χ1n) is 54.4. The first-order valence-corrected chi connectivity index (χ1v) is 54.4. The van der Waals surface area contributed by atoms with Gasteiger partial charge in [-0.1, -0.05) is 485 Å². The molecule has 0 heterocycles. The number of hydrogen-bond donors (Lipinski definition) is 0. The lowest BCUT2D eigenvalue weighted by atomic mass is 9.52. The van der Waals surface area contributed by atoms with E-state index in [1.165, 1.54) is 308 Å². The van der Waals surface area contributed by atoms with Crippen LogP contribution in [0.1, 0.15) is 517 Å². The highest BCUT2D eigenvalue weighted by atomic mass is 19.2. The van der Waals surface area contributed by atoms with Crippen LogP contribution in [0.2, 0.25) is 0 Å². The fourth-order valence-corrected chi connectivity index (χ4v) is 21.7. The van der Waals surface area contributed by atoms with Crippen molar-refractivity contribution in [3.8, 4) is 58.2 Å². The fourth-order valence-electron chi connectivity index (χ4n) is 21.7. The van der Waals surface area contributed by atoms with Crippen LogP contribution in [-0.4, -0.2) is 39.6 Å². The second kappa shape index (κ2) is 59.1. The van der Waals surface area contributed by atoms with Crippen molar-refractivity contribution in [2.75, 3.05) is 39.6 Å². The largest absolute Gasteiger partial charge is 0.493 e. The van der Waals surface area contributed by atoms with Gasteiger partial charge in [0.1, 0.15) is 45.3 Å². The predicted octanol–water partition coefficient (Wildman–Crippen LogP) is 36.1. The van der Waals surface area contributed by atoms with Gasteiger partial charge in [-0.2, -0.15) is 0 Å². The van der Waals surface area contributed by atoms with E-state index in [1.807, 2.05) is 0 Å². The molecule has 0 saturated heterocycles. The van der Waals surface area contributed by atoms with Gasteiger partial charge in [0.15, 0.2) is 11.6 Å². The van der Waals surface area contributed by atoms with Crippen LogP contribution in [0.3, 0.4) is 0 Å². The minimum absolute atomic E-state index is 0.0532. The van der Waals surface area contributed by atoms with Crippen molar-refractivity contribution in [3.05, 3.63) is 211 Å². The van der Waals surface area contributed by atoms with Gasteiger partial charge in [0.25, 0.3) is 0 Å². The summed E-state index contributed by atoms with van der Waals surface area (Å²) in [5.41, 5.74) is 9.51. The van der Waals surface area contributed by atoms with Gasteiger partial charge in [0, 0.05) is 45.2 Å². The Bertz CT molecular complexity index is 4090. The Morgan fingerprint density at radius 2 is 0.392 bits per heavy atom. The van der Waals surface area contributed by atoms with Crippen LogP contribution in [0.5, 0.6) is 34.5 Å². The summed E-state index contributed by atoms with van der Waals surface area (Å²) in [4.78, 5) is 0. The first-order chi connectivity index (χ1) is 64.3. The highest BCUT2D eigenvalue weighted by molar-refractivity contribution is 5.84. The maximum atomic E-state index is 18.6. The van der Waals surface area contributed by atoms with E-state index in [-0.39, 0.29) is 23.0 Å². The van der Waals surface area contributed by atoms with Crippen LogP contribution >= 0.6 is 0 Å². The van der Waals surface area contributed by atoms with Gasteiger partial charge in [-0.05, 0) is 120 Å². The normalized spacial score (nSPS) is 15.7. The number of halogens is 2. The molecule has 8 heteroatoms. The highest BCUT2D eigenvalue weighted by Gasteiger charge is 2.57. The van der Waals surface area contributed by atoms with E-state index in [0.717, 1.165) is 178 Å². The molecule has 13 rings (SSSR count). The Balaban J connectivity index is 0.996. The van der Waals surface area contributed by atoms with Gasteiger partial charge in [-0.25, -0.2) is 8.78 Å². The molecule has 0 amide bonds. The van der Waals surface area contributed by atoms with E-state index in [1.54, 1.807) is 12.1 Å². The van der Waals surface area contributed by atoms with Gasteiger partial charge in [0.05, 0.1) is 50.8 Å². The minimum Gasteiger partial charge on any atom is -0.493 e. The van der Waals surface area contributed by atoms with Gasteiger partial charge in [-0.15, -0.1) is 0 Å². The average Bonchev–Trinajstić information content (AvgIpc) is 0.672. The molecule has 0 unspecified atom stereocenters. The van der Waals surface area contributed by atoms with Crippen molar-refractivity contribution in [2.24, 2.45) is 0 Å². The zero-order valence-corrected chi connectivity index (χ0v) is 82.6. The van der Waals surface area contributed by atoms with E-state index < -0.39 is 22.5 Å². The molecule has 0 N–H and O–H groups in total. The second-order valence-corrected chi connectivity index (χ2v) is 39.2. The molecule has 0 atom stereocenters. The third-order valence-corrected chi connectivity index (χ3v) is 28.9. The van der Waals surface area contributed by atoms with E-state index >= 15 is 8.78 Å². The summed E-state index contributed by atoms with van der Waals surface area (Å²) in [5.74, 6) is 17.0. The van der Waals surface area contributed by atoms with Crippen molar-refractivity contribution in [2.45, 2.75) is 449 Å². The lowest BCUT2D eigenvalue weighted by Crippen LogP contribution is -2.42. The third-order valence-electron chi connectivity index (χ3n) is 28.9. The summed E-state index contributed by atoms with van der Waals surface area (Å²) in [6.07, 6.45) is 73.6. The molecule has 0 spiro atoms. The molecule has 0 aliphatic heterocycles. The minimum atomic E-state index is -1.28.